The van der Waals surface area contributed by atoms with Gasteiger partial charge >= 0.3 is 24.0 Å². The highest BCUT2D eigenvalue weighted by atomic mass is 16.6. The molecule has 21 nitrogen and oxygen atoms in total. The monoisotopic (exact) mass is 1280 g/mol. The van der Waals surface area contributed by atoms with Crippen LogP contribution >= 0.6 is 0 Å². The second-order valence-electron chi connectivity index (χ2n) is 26.4. The maximum absolute atomic E-state index is 13.1. The second kappa shape index (κ2) is 45.2. The van der Waals surface area contributed by atoms with Gasteiger partial charge in [-0.25, -0.2) is 14.4 Å². The summed E-state index contributed by atoms with van der Waals surface area (Å²) in [4.78, 5) is 101. The molecule has 2 aromatic carbocycles. The van der Waals surface area contributed by atoms with Crippen molar-refractivity contribution in [1.82, 2.24) is 26.6 Å². The Morgan fingerprint density at radius 2 is 0.802 bits per heavy atom. The molecular weight excluding hydrogens is 1170 g/mol. The van der Waals surface area contributed by atoms with Crippen molar-refractivity contribution < 1.29 is 76.3 Å². The topological polar surface area (TPSA) is 271 Å². The Hall–Kier alpha value is -6.16. The number of fused-ring (bicyclic) bond motifs is 3. The van der Waals surface area contributed by atoms with E-state index in [-0.39, 0.29) is 127 Å². The SMILES string of the molecule is CC(C)(C)OC(=O)CCCCCCCCCCCCCCCCCCC(=O)NC(CCC(=O)NCCOCCOCC(=O)NCCOCCOCC(=O)NCCCC[C@H](NC(=O)OCC1c2ccccc2-c2ccccc21)C(=O)OC(C)(C)C)C(=O)OC(C)(C)C. The van der Waals surface area contributed by atoms with Crippen molar-refractivity contribution in [2.75, 3.05) is 79.1 Å². The van der Waals surface area contributed by atoms with E-state index < -0.39 is 46.9 Å². The van der Waals surface area contributed by atoms with Crippen LogP contribution in [0.2, 0.25) is 0 Å². The lowest BCUT2D eigenvalue weighted by molar-refractivity contribution is -0.159. The van der Waals surface area contributed by atoms with Gasteiger partial charge in [-0.1, -0.05) is 138 Å². The van der Waals surface area contributed by atoms with E-state index in [1.807, 2.05) is 57.2 Å². The van der Waals surface area contributed by atoms with Gasteiger partial charge in [-0.2, -0.15) is 0 Å². The van der Waals surface area contributed by atoms with E-state index in [0.29, 0.717) is 32.2 Å². The molecule has 0 heterocycles. The lowest BCUT2D eigenvalue weighted by atomic mass is 9.98. The van der Waals surface area contributed by atoms with Crippen molar-refractivity contribution in [3.05, 3.63) is 59.7 Å². The fourth-order valence-electron chi connectivity index (χ4n) is 10.2. The Balaban J connectivity index is 1.12. The van der Waals surface area contributed by atoms with Crippen LogP contribution in [0.4, 0.5) is 4.79 Å². The molecule has 0 bridgehead atoms. The number of benzene rings is 2. The Morgan fingerprint density at radius 3 is 1.27 bits per heavy atom. The predicted molar refractivity (Wildman–Crippen MR) is 350 cm³/mol. The van der Waals surface area contributed by atoms with Gasteiger partial charge in [0, 0.05) is 44.8 Å². The first-order valence-corrected chi connectivity index (χ1v) is 33.6. The summed E-state index contributed by atoms with van der Waals surface area (Å²) in [7, 11) is 0. The number of carbonyl (C=O) groups is 8. The van der Waals surface area contributed by atoms with Crippen LogP contribution in [0.15, 0.2) is 48.5 Å². The molecule has 91 heavy (non-hydrogen) atoms. The summed E-state index contributed by atoms with van der Waals surface area (Å²) in [5.74, 6) is -2.55. The van der Waals surface area contributed by atoms with E-state index in [9.17, 15) is 38.4 Å². The maximum atomic E-state index is 13.1. The van der Waals surface area contributed by atoms with Gasteiger partial charge in [-0.05, 0) is 123 Å². The minimum atomic E-state index is -0.949. The average Bonchev–Trinajstić information content (AvgIpc) is 1.65. The van der Waals surface area contributed by atoms with E-state index >= 15 is 0 Å². The van der Waals surface area contributed by atoms with E-state index in [2.05, 4.69) is 38.7 Å². The van der Waals surface area contributed by atoms with Gasteiger partial charge in [0.15, 0.2) is 0 Å². The van der Waals surface area contributed by atoms with E-state index in [4.69, 9.17) is 37.9 Å². The first-order chi connectivity index (χ1) is 43.4. The molecule has 1 aliphatic carbocycles. The highest BCUT2D eigenvalue weighted by Gasteiger charge is 2.32. The summed E-state index contributed by atoms with van der Waals surface area (Å²) in [5, 5.41) is 13.7. The molecule has 0 aliphatic heterocycles. The lowest BCUT2D eigenvalue weighted by Crippen LogP contribution is -2.44. The minimum absolute atomic E-state index is 0.00230. The summed E-state index contributed by atoms with van der Waals surface area (Å²) in [6, 6.07) is 14.2. The first-order valence-electron chi connectivity index (χ1n) is 33.6. The summed E-state index contributed by atoms with van der Waals surface area (Å²) in [5.41, 5.74) is 2.46. The molecule has 0 saturated heterocycles. The van der Waals surface area contributed by atoms with Gasteiger partial charge in [0.2, 0.25) is 23.6 Å². The van der Waals surface area contributed by atoms with Gasteiger partial charge in [0.1, 0.15) is 48.7 Å². The van der Waals surface area contributed by atoms with Gasteiger partial charge in [-0.15, -0.1) is 0 Å². The van der Waals surface area contributed by atoms with Crippen molar-refractivity contribution in [3.63, 3.8) is 0 Å². The van der Waals surface area contributed by atoms with Crippen molar-refractivity contribution >= 4 is 47.6 Å². The Bertz CT molecular complexity index is 2410. The second-order valence-corrected chi connectivity index (χ2v) is 26.4. The van der Waals surface area contributed by atoms with E-state index in [1.165, 1.54) is 64.2 Å². The summed E-state index contributed by atoms with van der Waals surface area (Å²) in [6.45, 7) is 18.0. The van der Waals surface area contributed by atoms with Crippen molar-refractivity contribution in [1.29, 1.82) is 0 Å². The number of alkyl carbamates (subject to hydrolysis) is 1. The highest BCUT2D eigenvalue weighted by molar-refractivity contribution is 5.86. The van der Waals surface area contributed by atoms with E-state index in [0.717, 1.165) is 60.8 Å². The number of unbranched alkanes of at least 4 members (excludes halogenated alkanes) is 16. The van der Waals surface area contributed by atoms with Crippen LogP contribution in [0.5, 0.6) is 0 Å². The third-order valence-corrected chi connectivity index (χ3v) is 14.6. The van der Waals surface area contributed by atoms with Crippen LogP contribution in [0.1, 0.15) is 227 Å². The molecule has 5 amide bonds. The number of amides is 5. The maximum Gasteiger partial charge on any atom is 0.407 e. The molecule has 3 rings (SSSR count). The smallest absolute Gasteiger partial charge is 0.407 e. The van der Waals surface area contributed by atoms with Crippen LogP contribution in [0.25, 0.3) is 11.1 Å². The predicted octanol–water partition coefficient (Wildman–Crippen LogP) is 10.8. The van der Waals surface area contributed by atoms with Crippen molar-refractivity contribution in [2.24, 2.45) is 0 Å². The first kappa shape index (κ1) is 79.1. The number of esters is 3. The third kappa shape index (κ3) is 39.1. The van der Waals surface area contributed by atoms with Crippen LogP contribution in [-0.4, -0.2) is 156 Å². The molecule has 0 fully saturated rings. The van der Waals surface area contributed by atoms with Crippen LogP contribution in [0.3, 0.4) is 0 Å². The summed E-state index contributed by atoms with van der Waals surface area (Å²) < 4.78 is 44.0. The Kier molecular flexibility index (Phi) is 39.3. The molecule has 5 N–H and O–H groups in total. The fourth-order valence-corrected chi connectivity index (χ4v) is 10.2. The average molecular weight is 1280 g/mol. The van der Waals surface area contributed by atoms with Gasteiger partial charge in [0.05, 0.1) is 39.6 Å². The third-order valence-electron chi connectivity index (χ3n) is 14.6. The Labute approximate surface area is 543 Å². The zero-order chi connectivity index (χ0) is 66.8. The van der Waals surface area contributed by atoms with Crippen LogP contribution in [-0.2, 0) is 71.5 Å². The molecule has 1 unspecified atom stereocenters. The normalized spacial score (nSPS) is 12.8. The van der Waals surface area contributed by atoms with E-state index in [1.54, 1.807) is 41.5 Å². The Morgan fingerprint density at radius 1 is 0.396 bits per heavy atom. The largest absolute Gasteiger partial charge is 0.460 e. The minimum Gasteiger partial charge on any atom is -0.460 e. The molecule has 1 aliphatic rings. The zero-order valence-electron chi connectivity index (χ0n) is 56.6. The molecule has 2 atom stereocenters. The standard InChI is InChI=1S/C70H113N5O16/c1-68(2,3)89-64(80)38-25-23-21-19-17-15-13-11-10-12-14-16-18-20-22-24-37-61(77)74-59(66(82)91-70(7,8)9)39-40-60(76)72-42-44-84-46-49-87-52-63(79)73-43-45-85-47-48-86-51-62(78)71-41-31-30-36-58(65(81)90-69(4,5)6)75-67(83)88-50-57-55-34-28-26-32-53(55)54-33-27-29-35-56(54)57/h26-29,32-35,57-59H,10-25,30-31,36-52H2,1-9H3,(H,71,78)(H,72,76)(H,73,79)(H,74,77)(H,75,83)/t58-,59?/m0/s1. The van der Waals surface area contributed by atoms with Gasteiger partial charge in [-0.3, -0.25) is 24.0 Å². The summed E-state index contributed by atoms with van der Waals surface area (Å²) in [6.07, 6.45) is 19.8. The van der Waals surface area contributed by atoms with Crippen molar-refractivity contribution in [2.45, 2.75) is 245 Å². The number of nitrogens with one attached hydrogen (secondary N) is 5. The molecule has 0 aromatic heterocycles. The quantitative estimate of drug-likeness (QED) is 0.0234. The number of rotatable bonds is 49. The van der Waals surface area contributed by atoms with Gasteiger partial charge in [0.25, 0.3) is 0 Å². The number of carbonyl (C=O) groups excluding carboxylic acids is 8. The molecule has 21 heteroatoms. The molecule has 2 aromatic rings. The van der Waals surface area contributed by atoms with Crippen molar-refractivity contribution in [3.8, 4) is 11.1 Å². The van der Waals surface area contributed by atoms with Crippen LogP contribution < -0.4 is 26.6 Å². The molecule has 0 saturated carbocycles. The zero-order valence-corrected chi connectivity index (χ0v) is 56.6. The molecule has 514 valence electrons. The van der Waals surface area contributed by atoms with Gasteiger partial charge < -0.3 is 64.5 Å². The van der Waals surface area contributed by atoms with Crippen LogP contribution in [0, 0.1) is 0 Å². The number of hydrogen-bond acceptors (Lipinski definition) is 16. The number of ether oxygens (including phenoxy) is 8. The molecular formula is C70H113N5O16. The lowest BCUT2D eigenvalue weighted by Gasteiger charge is -2.24. The fraction of sp³-hybridized carbons (Fsp3) is 0.714. The molecule has 0 spiro atoms. The summed E-state index contributed by atoms with van der Waals surface area (Å²) >= 11 is 0. The number of hydrogen-bond donors (Lipinski definition) is 5. The molecule has 0 radical (unpaired) electrons. The highest BCUT2D eigenvalue weighted by Crippen LogP contribution is 2.44.